The summed E-state index contributed by atoms with van der Waals surface area (Å²) in [4.78, 5) is 125. The summed E-state index contributed by atoms with van der Waals surface area (Å²) in [6.45, 7) is 8.28. The lowest BCUT2D eigenvalue weighted by atomic mass is 10.1. The van der Waals surface area contributed by atoms with Gasteiger partial charge in [-0.1, -0.05) is 67.6 Å². The van der Waals surface area contributed by atoms with E-state index in [4.69, 9.17) is 19.5 Å². The summed E-state index contributed by atoms with van der Waals surface area (Å²) in [5.74, 6) is -3.56. The van der Waals surface area contributed by atoms with Gasteiger partial charge >= 0.3 is 0 Å². The molecular weight excluding hydrogens is 1560 g/mol. The van der Waals surface area contributed by atoms with Gasteiger partial charge < -0.3 is 49.7 Å². The third-order valence-electron chi connectivity index (χ3n) is 22.9. The smallest absolute Gasteiger partial charge is 0.280 e. The van der Waals surface area contributed by atoms with Crippen LogP contribution in [-0.2, 0) is 65.9 Å². The number of rotatable bonds is 25. The summed E-state index contributed by atoms with van der Waals surface area (Å²) in [5.41, 5.74) is 20.6. The lowest BCUT2D eigenvalue weighted by Crippen LogP contribution is -2.39. The first-order valence-corrected chi connectivity index (χ1v) is 41.3. The summed E-state index contributed by atoms with van der Waals surface area (Å²) in [6.07, 6.45) is 21.8. The number of carbonyl (C=O) groups excluding carboxylic acids is 3. The molecule has 0 spiro atoms. The minimum Gasteiger partial charge on any atom is -0.392 e. The van der Waals surface area contributed by atoms with Crippen molar-refractivity contribution < 1.29 is 47.9 Å². The van der Waals surface area contributed by atoms with Crippen molar-refractivity contribution in [1.29, 1.82) is 0 Å². The summed E-state index contributed by atoms with van der Waals surface area (Å²) in [7, 11) is 3.94. The van der Waals surface area contributed by atoms with E-state index in [1.54, 1.807) is 18.6 Å². The molecule has 632 valence electrons. The Morgan fingerprint density at radius 3 is 1.13 bits per heavy atom. The highest BCUT2D eigenvalue weighted by molar-refractivity contribution is 5.98. The van der Waals surface area contributed by atoms with Crippen LogP contribution >= 0.6 is 0 Å². The zero-order valence-corrected chi connectivity index (χ0v) is 68.5. The molecule has 17 rings (SSSR count). The van der Waals surface area contributed by atoms with Gasteiger partial charge in [0.15, 0.2) is 16.9 Å². The number of hydrogen-bond acceptors (Lipinski definition) is 23. The molecule has 29 nitrogen and oxygen atoms in total. The van der Waals surface area contributed by atoms with Crippen LogP contribution in [0, 0.1) is 0 Å². The Labute approximate surface area is 702 Å². The number of nitrogens with zero attached hydrogens (tertiary/aromatic N) is 12. The van der Waals surface area contributed by atoms with E-state index in [0.717, 1.165) is 162 Å². The molecule has 6 aromatic carbocycles. The zero-order chi connectivity index (χ0) is 85.0. The van der Waals surface area contributed by atoms with Crippen molar-refractivity contribution in [2.24, 2.45) is 0 Å². The molecule has 5 aliphatic rings. The fourth-order valence-corrected chi connectivity index (χ4v) is 16.3. The normalized spacial score (nSPS) is 16.3. The van der Waals surface area contributed by atoms with Crippen LogP contribution in [0.25, 0.3) is 50.2 Å². The van der Waals surface area contributed by atoms with Crippen LogP contribution in [0.4, 0.5) is 43.7 Å². The van der Waals surface area contributed by atoms with Gasteiger partial charge in [0.2, 0.25) is 34.1 Å². The van der Waals surface area contributed by atoms with Gasteiger partial charge in [0, 0.05) is 117 Å². The SMILES string of the molecule is CCc1ccc(-n2cc(C(=O)NOC)c(=O)c3cnc(Nc4ccc(CCN5CCC[C@@H](O)C5)cc4)nc32)cc1.CONC(=O)c1cn(-c2ccc3c(c2)CCC3)c2nc(Nc3ccc(CCN4CCC(F)(F)C4)cc3)ncc2c1=O.CONC(=O)c1cn(-c2ccc3c(c2)CCC3)c2nc(Nc3ccc(CCN4CCC[C@@H](O)C4)cc3)ncc2c1=O. The molecule has 0 radical (unpaired) electrons. The van der Waals surface area contributed by atoms with Gasteiger partial charge in [0.1, 0.15) is 16.7 Å². The van der Waals surface area contributed by atoms with Crippen LogP contribution in [0.5, 0.6) is 0 Å². The quantitative estimate of drug-likeness (QED) is 0.0246. The van der Waals surface area contributed by atoms with E-state index in [0.29, 0.717) is 48.3 Å². The summed E-state index contributed by atoms with van der Waals surface area (Å²) in [5, 5.41) is 30.1. The van der Waals surface area contributed by atoms with Crippen LogP contribution in [0.15, 0.2) is 185 Å². The first-order valence-electron chi connectivity index (χ1n) is 41.3. The maximum Gasteiger partial charge on any atom is 0.280 e. The van der Waals surface area contributed by atoms with Crippen LogP contribution in [0.1, 0.15) is 127 Å². The number of amides is 3. The number of anilines is 6. The van der Waals surface area contributed by atoms with Crippen LogP contribution in [0.3, 0.4) is 0 Å². The van der Waals surface area contributed by atoms with E-state index in [1.807, 2.05) is 84.9 Å². The monoisotopic (exact) mass is 1660 g/mol. The van der Waals surface area contributed by atoms with Gasteiger partial charge in [-0.3, -0.25) is 48.2 Å². The second-order valence-electron chi connectivity index (χ2n) is 31.3. The van der Waals surface area contributed by atoms with E-state index in [1.165, 1.54) is 97.5 Å². The molecule has 2 atom stereocenters. The number of aryl methyl sites for hydroxylation is 5. The summed E-state index contributed by atoms with van der Waals surface area (Å²) >= 11 is 0. The number of likely N-dealkylation sites (tertiary alicyclic amines) is 3. The van der Waals surface area contributed by atoms with Crippen molar-refractivity contribution in [3.8, 4) is 17.1 Å². The van der Waals surface area contributed by atoms with E-state index in [2.05, 4.69) is 123 Å². The molecular formula is C91H98F2N18O11. The maximum atomic E-state index is 13.5. The molecule has 6 aromatic heterocycles. The van der Waals surface area contributed by atoms with Gasteiger partial charge in [-0.15, -0.1) is 0 Å². The van der Waals surface area contributed by atoms with Gasteiger partial charge in [-0.2, -0.15) is 15.0 Å². The average Bonchev–Trinajstić information content (AvgIpc) is 0.945. The molecule has 12 aromatic rings. The number of hydrogen-bond donors (Lipinski definition) is 8. The standard InChI is InChI=1S/C31H34N6O4.C30H30F2N6O3.C30H34N6O4/c1-41-35-30(40)27-19-37(24-12-9-21-4-2-5-22(21)16-24)29-26(28(27)39)17-32-31(34-29)33-23-10-7-20(8-11-23)13-15-36-14-3-6-25(38)18-36;1-41-36-28(40)25-17-38(23-10-7-20-3-2-4-21(20)15-23)27-24(26(25)39)16-33-29(35-27)34-22-8-5-19(6-9-22)11-13-37-14-12-30(31,32)18-37;1-3-20-8-12-23(13-9-20)36-19-26(29(39)34-40-2)27(38)25-17-31-30(33-28(25)36)32-22-10-6-21(7-11-22)14-16-35-15-4-5-24(37)18-35/h7-12,16-17,19,25,38H,2-6,13-15,18H2,1H3,(H,35,40)(H,32,33,34);5-10,15-17H,2-4,11-14,18H2,1H3,(H,36,40)(H,33,34,35);6-13,17,19,24,37H,3-5,14-16,18H2,1-2H3,(H,34,39)(H,31,32,33)/t25-;;24-/m1.1/s1. The molecule has 0 bridgehead atoms. The number of pyridine rings is 3. The minimum atomic E-state index is -2.59. The number of β-amino-alcohol motifs (C(OH)–C–C–N with tert-alkyl or cyclic N) is 2. The Balaban J connectivity index is 0.000000142. The lowest BCUT2D eigenvalue weighted by molar-refractivity contribution is 0.0123. The average molecular weight is 1660 g/mol. The molecule has 3 fully saturated rings. The first kappa shape index (κ1) is 84.6. The summed E-state index contributed by atoms with van der Waals surface area (Å²) < 4.78 is 32.1. The molecule has 3 saturated heterocycles. The minimum absolute atomic E-state index is 0.0567. The number of halogens is 2. The largest absolute Gasteiger partial charge is 0.392 e. The maximum absolute atomic E-state index is 13.5. The molecule has 0 unspecified atom stereocenters. The number of carbonyl (C=O) groups is 3. The van der Waals surface area contributed by atoms with Crippen LogP contribution in [-0.4, -0.2) is 185 Å². The zero-order valence-electron chi connectivity index (χ0n) is 68.5. The molecule has 9 heterocycles. The number of benzene rings is 6. The van der Waals surface area contributed by atoms with Gasteiger partial charge in [-0.05, 0) is 220 Å². The highest BCUT2D eigenvalue weighted by Crippen LogP contribution is 2.32. The Morgan fingerprint density at radius 1 is 0.443 bits per heavy atom. The number of aliphatic hydroxyl groups excluding tert-OH is 2. The number of aliphatic hydroxyl groups is 2. The fourth-order valence-electron chi connectivity index (χ4n) is 16.3. The number of piperidine rings is 2. The van der Waals surface area contributed by atoms with Crippen LogP contribution in [0.2, 0.25) is 0 Å². The van der Waals surface area contributed by atoms with E-state index < -0.39 is 39.9 Å². The Hall–Kier alpha value is -12.5. The van der Waals surface area contributed by atoms with E-state index in [-0.39, 0.29) is 64.0 Å². The van der Waals surface area contributed by atoms with Gasteiger partial charge in [-0.25, -0.2) is 40.2 Å². The van der Waals surface area contributed by atoms with Crippen molar-refractivity contribution in [1.82, 2.24) is 74.7 Å². The molecule has 8 N–H and O–H groups in total. The lowest BCUT2D eigenvalue weighted by Gasteiger charge is -2.29. The second-order valence-corrected chi connectivity index (χ2v) is 31.3. The van der Waals surface area contributed by atoms with Gasteiger partial charge in [0.25, 0.3) is 23.6 Å². The highest BCUT2D eigenvalue weighted by Gasteiger charge is 2.38. The number of alkyl halides is 2. The summed E-state index contributed by atoms with van der Waals surface area (Å²) in [6, 6.07) is 44.0. The first-order chi connectivity index (χ1) is 59.2. The molecule has 3 amide bonds. The molecule has 3 aliphatic heterocycles. The highest BCUT2D eigenvalue weighted by atomic mass is 19.3. The predicted octanol–water partition coefficient (Wildman–Crippen LogP) is 10.9. The Morgan fingerprint density at radius 2 is 0.787 bits per heavy atom. The predicted molar refractivity (Wildman–Crippen MR) is 462 cm³/mol. The number of aromatic nitrogens is 9. The van der Waals surface area contributed by atoms with Gasteiger partial charge in [0.05, 0.1) is 56.2 Å². The Kier molecular flexibility index (Phi) is 26.7. The number of nitrogens with one attached hydrogen (secondary N) is 6. The third kappa shape index (κ3) is 20.2. The van der Waals surface area contributed by atoms with Crippen molar-refractivity contribution >= 4 is 85.7 Å². The topological polar surface area (TPSA) is 345 Å². The molecule has 0 saturated carbocycles. The number of hydroxylamine groups is 3. The van der Waals surface area contributed by atoms with E-state index >= 15 is 0 Å². The van der Waals surface area contributed by atoms with Crippen molar-refractivity contribution in [3.63, 3.8) is 0 Å². The third-order valence-corrected chi connectivity index (χ3v) is 22.9. The van der Waals surface area contributed by atoms with Crippen LogP contribution < -0.4 is 48.7 Å². The molecule has 2 aliphatic carbocycles. The Bertz CT molecular complexity index is 5770. The molecule has 122 heavy (non-hydrogen) atoms. The van der Waals surface area contributed by atoms with Crippen molar-refractivity contribution in [3.05, 3.63) is 263 Å². The van der Waals surface area contributed by atoms with E-state index in [9.17, 15) is 47.8 Å². The molecule has 31 heteroatoms. The van der Waals surface area contributed by atoms with Crippen molar-refractivity contribution in [2.45, 2.75) is 121 Å². The second kappa shape index (κ2) is 38.5. The van der Waals surface area contributed by atoms with Crippen molar-refractivity contribution in [2.75, 3.05) is 96.2 Å². The number of fused-ring (bicyclic) bond motifs is 5. The fraction of sp³-hybridized carbons (Fsp3) is 0.341.